The standard InChI is InChI=1S/C14H21ClN4/c1-3-7-18(4-2)8-9-19-13-10-11(15)5-6-12(13)17-14(19)16/h5-6,10H,3-4,7-9H2,1-2H3,(H2,16,17). The summed E-state index contributed by atoms with van der Waals surface area (Å²) in [6.07, 6.45) is 1.17. The lowest BCUT2D eigenvalue weighted by Crippen LogP contribution is -2.28. The number of hydrogen-bond acceptors (Lipinski definition) is 3. The lowest BCUT2D eigenvalue weighted by Gasteiger charge is -2.20. The molecule has 5 heteroatoms. The second kappa shape index (κ2) is 6.26. The van der Waals surface area contributed by atoms with Gasteiger partial charge in [-0.05, 0) is 37.7 Å². The van der Waals surface area contributed by atoms with Crippen LogP contribution in [-0.4, -0.2) is 34.1 Å². The second-order valence-corrected chi connectivity index (χ2v) is 5.13. The monoisotopic (exact) mass is 280 g/mol. The van der Waals surface area contributed by atoms with Gasteiger partial charge in [-0.1, -0.05) is 25.4 Å². The molecule has 0 spiro atoms. The van der Waals surface area contributed by atoms with Crippen molar-refractivity contribution >= 4 is 28.6 Å². The molecule has 0 fully saturated rings. The van der Waals surface area contributed by atoms with Gasteiger partial charge in [-0.25, -0.2) is 4.98 Å². The summed E-state index contributed by atoms with van der Waals surface area (Å²) in [5.41, 5.74) is 7.91. The van der Waals surface area contributed by atoms with E-state index in [9.17, 15) is 0 Å². The van der Waals surface area contributed by atoms with E-state index in [4.69, 9.17) is 17.3 Å². The molecule has 2 rings (SSSR count). The van der Waals surface area contributed by atoms with Gasteiger partial charge < -0.3 is 15.2 Å². The van der Waals surface area contributed by atoms with Crippen LogP contribution in [0.2, 0.25) is 5.02 Å². The third-order valence-corrected chi connectivity index (χ3v) is 3.60. The van der Waals surface area contributed by atoms with Crippen molar-refractivity contribution in [1.82, 2.24) is 14.5 Å². The lowest BCUT2D eigenvalue weighted by atomic mass is 10.3. The van der Waals surface area contributed by atoms with Gasteiger partial charge in [0, 0.05) is 18.1 Å². The maximum Gasteiger partial charge on any atom is 0.201 e. The summed E-state index contributed by atoms with van der Waals surface area (Å²) in [5.74, 6) is 0.560. The van der Waals surface area contributed by atoms with E-state index in [0.717, 1.165) is 42.2 Å². The number of hydrogen-bond donors (Lipinski definition) is 1. The molecule has 19 heavy (non-hydrogen) atoms. The van der Waals surface area contributed by atoms with Crippen molar-refractivity contribution in [1.29, 1.82) is 0 Å². The van der Waals surface area contributed by atoms with Gasteiger partial charge in [0.2, 0.25) is 5.95 Å². The molecule has 0 atom stereocenters. The average molecular weight is 281 g/mol. The van der Waals surface area contributed by atoms with Crippen LogP contribution in [0.4, 0.5) is 5.95 Å². The summed E-state index contributed by atoms with van der Waals surface area (Å²) in [6.45, 7) is 8.37. The zero-order valence-corrected chi connectivity index (χ0v) is 12.3. The van der Waals surface area contributed by atoms with Gasteiger partial charge in [-0.2, -0.15) is 0 Å². The molecule has 104 valence electrons. The van der Waals surface area contributed by atoms with Crippen molar-refractivity contribution in [2.75, 3.05) is 25.4 Å². The van der Waals surface area contributed by atoms with Gasteiger partial charge in [0.05, 0.1) is 11.0 Å². The lowest BCUT2D eigenvalue weighted by molar-refractivity contribution is 0.278. The Hall–Kier alpha value is -1.26. The molecule has 0 saturated carbocycles. The Morgan fingerprint density at radius 3 is 2.79 bits per heavy atom. The van der Waals surface area contributed by atoms with E-state index >= 15 is 0 Å². The molecule has 0 bridgehead atoms. The van der Waals surface area contributed by atoms with Crippen molar-refractivity contribution in [2.45, 2.75) is 26.8 Å². The Labute approximate surface area is 119 Å². The van der Waals surface area contributed by atoms with Crippen molar-refractivity contribution in [2.24, 2.45) is 0 Å². The first-order valence-corrected chi connectivity index (χ1v) is 7.17. The Kier molecular flexibility index (Phi) is 4.66. The van der Waals surface area contributed by atoms with E-state index in [1.807, 2.05) is 22.8 Å². The van der Waals surface area contributed by atoms with Crippen LogP contribution >= 0.6 is 11.6 Å². The molecule has 0 aliphatic heterocycles. The molecule has 2 N–H and O–H groups in total. The van der Waals surface area contributed by atoms with Crippen molar-refractivity contribution in [3.63, 3.8) is 0 Å². The highest BCUT2D eigenvalue weighted by Gasteiger charge is 2.09. The maximum absolute atomic E-state index is 6.05. The number of rotatable bonds is 6. The van der Waals surface area contributed by atoms with E-state index in [2.05, 4.69) is 23.7 Å². The first-order chi connectivity index (χ1) is 9.15. The number of nitrogen functional groups attached to an aromatic ring is 1. The van der Waals surface area contributed by atoms with E-state index in [-0.39, 0.29) is 0 Å². The summed E-state index contributed by atoms with van der Waals surface area (Å²) in [4.78, 5) is 6.78. The van der Waals surface area contributed by atoms with Crippen LogP contribution in [-0.2, 0) is 6.54 Å². The van der Waals surface area contributed by atoms with Crippen LogP contribution in [0, 0.1) is 0 Å². The first kappa shape index (κ1) is 14.2. The van der Waals surface area contributed by atoms with Crippen LogP contribution < -0.4 is 5.73 Å². The fourth-order valence-corrected chi connectivity index (χ4v) is 2.50. The zero-order chi connectivity index (χ0) is 13.8. The highest BCUT2D eigenvalue weighted by atomic mass is 35.5. The van der Waals surface area contributed by atoms with E-state index < -0.39 is 0 Å². The number of imidazole rings is 1. The predicted octanol–water partition coefficient (Wildman–Crippen LogP) is 3.00. The van der Waals surface area contributed by atoms with Crippen molar-refractivity contribution in [3.05, 3.63) is 23.2 Å². The molecule has 1 heterocycles. The normalized spacial score (nSPS) is 11.6. The first-order valence-electron chi connectivity index (χ1n) is 6.79. The molecule has 1 aromatic heterocycles. The fraction of sp³-hybridized carbons (Fsp3) is 0.500. The minimum atomic E-state index is 0.560. The third-order valence-electron chi connectivity index (χ3n) is 3.37. The fourth-order valence-electron chi connectivity index (χ4n) is 2.34. The van der Waals surface area contributed by atoms with Crippen LogP contribution in [0.25, 0.3) is 11.0 Å². The van der Waals surface area contributed by atoms with E-state index in [1.54, 1.807) is 0 Å². The third kappa shape index (κ3) is 3.19. The number of likely N-dealkylation sites (N-methyl/N-ethyl adjacent to an activating group) is 1. The summed E-state index contributed by atoms with van der Waals surface area (Å²) < 4.78 is 2.04. The van der Waals surface area contributed by atoms with Crippen LogP contribution in [0.15, 0.2) is 18.2 Å². The molecular formula is C14H21ClN4. The molecule has 0 radical (unpaired) electrons. The SMILES string of the molecule is CCCN(CC)CCn1c(N)nc2ccc(Cl)cc21. The average Bonchev–Trinajstić information content (AvgIpc) is 2.70. The molecule has 0 unspecified atom stereocenters. The molecule has 0 saturated heterocycles. The summed E-state index contributed by atoms with van der Waals surface area (Å²) in [5, 5.41) is 0.717. The number of nitrogens with zero attached hydrogens (tertiary/aromatic N) is 3. The Morgan fingerprint density at radius 2 is 2.11 bits per heavy atom. The smallest absolute Gasteiger partial charge is 0.201 e. The predicted molar refractivity (Wildman–Crippen MR) is 81.6 cm³/mol. The molecular weight excluding hydrogens is 260 g/mol. The number of nitrogens with two attached hydrogens (primary N) is 1. The number of aromatic nitrogens is 2. The van der Waals surface area contributed by atoms with Gasteiger partial charge in [0.25, 0.3) is 0 Å². The molecule has 2 aromatic rings. The van der Waals surface area contributed by atoms with E-state index in [0.29, 0.717) is 5.95 Å². The van der Waals surface area contributed by atoms with Gasteiger partial charge in [0.15, 0.2) is 0 Å². The maximum atomic E-state index is 6.05. The summed E-state index contributed by atoms with van der Waals surface area (Å²) >= 11 is 6.05. The number of halogens is 1. The quantitative estimate of drug-likeness (QED) is 0.885. The van der Waals surface area contributed by atoms with Crippen LogP contribution in [0.1, 0.15) is 20.3 Å². The van der Waals surface area contributed by atoms with Crippen molar-refractivity contribution in [3.8, 4) is 0 Å². The second-order valence-electron chi connectivity index (χ2n) is 4.69. The van der Waals surface area contributed by atoms with Crippen LogP contribution in [0.3, 0.4) is 0 Å². The molecule has 0 aliphatic rings. The number of benzene rings is 1. The highest BCUT2D eigenvalue weighted by Crippen LogP contribution is 2.21. The van der Waals surface area contributed by atoms with Gasteiger partial charge >= 0.3 is 0 Å². The molecule has 0 aliphatic carbocycles. The number of anilines is 1. The molecule has 0 amide bonds. The van der Waals surface area contributed by atoms with Crippen LogP contribution in [0.5, 0.6) is 0 Å². The highest BCUT2D eigenvalue weighted by molar-refractivity contribution is 6.31. The van der Waals surface area contributed by atoms with E-state index in [1.165, 1.54) is 6.42 Å². The van der Waals surface area contributed by atoms with Gasteiger partial charge in [0.1, 0.15) is 0 Å². The van der Waals surface area contributed by atoms with Crippen molar-refractivity contribution < 1.29 is 0 Å². The van der Waals surface area contributed by atoms with Gasteiger partial charge in [-0.3, -0.25) is 0 Å². The zero-order valence-electron chi connectivity index (χ0n) is 11.6. The van der Waals surface area contributed by atoms with Gasteiger partial charge in [-0.15, -0.1) is 0 Å². The summed E-state index contributed by atoms with van der Waals surface area (Å²) in [7, 11) is 0. The number of fused-ring (bicyclic) bond motifs is 1. The summed E-state index contributed by atoms with van der Waals surface area (Å²) in [6, 6.07) is 5.68. The molecule has 4 nitrogen and oxygen atoms in total. The topological polar surface area (TPSA) is 47.1 Å². The molecule has 1 aromatic carbocycles. The Balaban J connectivity index is 2.19. The largest absolute Gasteiger partial charge is 0.369 e. The minimum Gasteiger partial charge on any atom is -0.369 e. The minimum absolute atomic E-state index is 0.560. The Bertz CT molecular complexity index is 550. The Morgan fingerprint density at radius 1 is 1.32 bits per heavy atom.